The lowest BCUT2D eigenvalue weighted by atomic mass is 9.73. The summed E-state index contributed by atoms with van der Waals surface area (Å²) in [6.07, 6.45) is 1.04. The molecule has 0 unspecified atom stereocenters. The van der Waals surface area contributed by atoms with Gasteiger partial charge in [0.05, 0.1) is 11.8 Å². The summed E-state index contributed by atoms with van der Waals surface area (Å²) in [7, 11) is 0. The van der Waals surface area contributed by atoms with Crippen LogP contribution in [0.2, 0.25) is 5.02 Å². The molecule has 136 valence electrons. The number of rotatable bonds is 5. The second-order valence-electron chi connectivity index (χ2n) is 6.43. The van der Waals surface area contributed by atoms with Crippen LogP contribution in [-0.4, -0.2) is 30.2 Å². The Morgan fingerprint density at radius 3 is 2.54 bits per heavy atom. The van der Waals surface area contributed by atoms with Gasteiger partial charge in [-0.25, -0.2) is 0 Å². The largest absolute Gasteiger partial charge is 0.481 e. The van der Waals surface area contributed by atoms with Gasteiger partial charge in [0.1, 0.15) is 0 Å². The van der Waals surface area contributed by atoms with E-state index >= 15 is 0 Å². The molecular formula is C20H20ClNO4. The van der Waals surface area contributed by atoms with Crippen molar-refractivity contribution in [3.05, 3.63) is 64.7 Å². The quantitative estimate of drug-likeness (QED) is 0.838. The van der Waals surface area contributed by atoms with Gasteiger partial charge in [0.2, 0.25) is 5.91 Å². The van der Waals surface area contributed by atoms with Gasteiger partial charge in [-0.1, -0.05) is 35.9 Å². The Balaban J connectivity index is 1.88. The Labute approximate surface area is 156 Å². The normalized spacial score (nSPS) is 16.0. The molecule has 0 aliphatic carbocycles. The monoisotopic (exact) mass is 373 g/mol. The van der Waals surface area contributed by atoms with Crippen LogP contribution >= 0.6 is 11.6 Å². The topological polar surface area (TPSA) is 75.6 Å². The van der Waals surface area contributed by atoms with Crippen molar-refractivity contribution in [1.29, 1.82) is 0 Å². The first-order chi connectivity index (χ1) is 12.5. The number of hydrogen-bond acceptors (Lipinski definition) is 3. The van der Waals surface area contributed by atoms with Crippen molar-refractivity contribution >= 4 is 29.2 Å². The van der Waals surface area contributed by atoms with E-state index in [1.54, 1.807) is 30.3 Å². The Kier molecular flexibility index (Phi) is 5.59. The summed E-state index contributed by atoms with van der Waals surface area (Å²) >= 11 is 6.14. The fourth-order valence-electron chi connectivity index (χ4n) is 3.34. The molecule has 3 rings (SSSR count). The number of anilines is 1. The molecule has 0 bridgehead atoms. The molecule has 0 radical (unpaired) electrons. The second-order valence-corrected chi connectivity index (χ2v) is 6.87. The number of nitrogens with one attached hydrogen (secondary N) is 1. The fourth-order valence-corrected chi connectivity index (χ4v) is 3.53. The van der Waals surface area contributed by atoms with Crippen LogP contribution < -0.4 is 5.32 Å². The number of halogens is 1. The molecule has 0 aromatic heterocycles. The van der Waals surface area contributed by atoms with Gasteiger partial charge in [-0.2, -0.15) is 0 Å². The number of carboxylic acid groups (broad SMARTS) is 1. The molecule has 5 nitrogen and oxygen atoms in total. The van der Waals surface area contributed by atoms with E-state index in [0.29, 0.717) is 42.3 Å². The standard InChI is InChI=1S/C20H20ClNO4/c21-16-5-2-4-15(13-16)20(7-9-26-10-8-20)19(25)22-17-6-1-3-14(11-17)12-18(23)24/h1-6,11,13H,7-10,12H2,(H,22,25)(H,23,24). The van der Waals surface area contributed by atoms with E-state index in [2.05, 4.69) is 5.32 Å². The maximum atomic E-state index is 13.2. The van der Waals surface area contributed by atoms with Crippen molar-refractivity contribution < 1.29 is 19.4 Å². The SMILES string of the molecule is O=C(O)Cc1cccc(NC(=O)C2(c3cccc(Cl)c3)CCOCC2)c1. The van der Waals surface area contributed by atoms with Crippen molar-refractivity contribution in [3.8, 4) is 0 Å². The number of ether oxygens (including phenoxy) is 1. The Morgan fingerprint density at radius 1 is 1.12 bits per heavy atom. The van der Waals surface area contributed by atoms with E-state index in [9.17, 15) is 9.59 Å². The summed E-state index contributed by atoms with van der Waals surface area (Å²) in [6, 6.07) is 14.3. The van der Waals surface area contributed by atoms with Crippen LogP contribution in [0.1, 0.15) is 24.0 Å². The summed E-state index contributed by atoms with van der Waals surface area (Å²) < 4.78 is 5.46. The number of hydrogen-bond donors (Lipinski definition) is 2. The summed E-state index contributed by atoms with van der Waals surface area (Å²) in [6.45, 7) is 0.998. The molecule has 1 aliphatic heterocycles. The van der Waals surface area contributed by atoms with Crippen LogP contribution in [0.4, 0.5) is 5.69 Å². The number of amides is 1. The lowest BCUT2D eigenvalue weighted by molar-refractivity contribution is -0.136. The summed E-state index contributed by atoms with van der Waals surface area (Å²) in [5.74, 6) is -1.04. The molecular weight excluding hydrogens is 354 g/mol. The van der Waals surface area contributed by atoms with Gasteiger partial charge in [-0.05, 0) is 48.2 Å². The van der Waals surface area contributed by atoms with Crippen molar-refractivity contribution in [2.45, 2.75) is 24.7 Å². The lowest BCUT2D eigenvalue weighted by Crippen LogP contribution is -2.44. The highest BCUT2D eigenvalue weighted by Crippen LogP contribution is 2.37. The van der Waals surface area contributed by atoms with Gasteiger partial charge in [0.15, 0.2) is 0 Å². The zero-order chi connectivity index (χ0) is 18.6. The zero-order valence-corrected chi connectivity index (χ0v) is 15.0. The maximum Gasteiger partial charge on any atom is 0.307 e. The van der Waals surface area contributed by atoms with Crippen LogP contribution in [0.5, 0.6) is 0 Å². The number of benzene rings is 2. The van der Waals surface area contributed by atoms with Crippen LogP contribution in [0, 0.1) is 0 Å². The molecule has 0 spiro atoms. The highest BCUT2D eigenvalue weighted by molar-refractivity contribution is 6.30. The Morgan fingerprint density at radius 2 is 1.85 bits per heavy atom. The van der Waals surface area contributed by atoms with Crippen molar-refractivity contribution in [2.24, 2.45) is 0 Å². The van der Waals surface area contributed by atoms with Gasteiger partial charge in [0.25, 0.3) is 0 Å². The Hall–Kier alpha value is -2.37. The summed E-state index contributed by atoms with van der Waals surface area (Å²) in [5, 5.41) is 12.5. The maximum absolute atomic E-state index is 13.2. The molecule has 1 heterocycles. The third kappa shape index (κ3) is 4.06. The molecule has 0 atom stereocenters. The first-order valence-electron chi connectivity index (χ1n) is 8.46. The van der Waals surface area contributed by atoms with Crippen molar-refractivity contribution in [1.82, 2.24) is 0 Å². The van der Waals surface area contributed by atoms with Gasteiger partial charge in [0, 0.05) is 23.9 Å². The predicted octanol–water partition coefficient (Wildman–Crippen LogP) is 3.65. The van der Waals surface area contributed by atoms with Gasteiger partial charge >= 0.3 is 5.97 Å². The molecule has 2 aromatic rings. The third-order valence-corrected chi connectivity index (χ3v) is 4.93. The first-order valence-corrected chi connectivity index (χ1v) is 8.83. The Bertz CT molecular complexity index is 815. The van der Waals surface area contributed by atoms with Crippen molar-refractivity contribution in [3.63, 3.8) is 0 Å². The minimum atomic E-state index is -0.909. The van der Waals surface area contributed by atoms with Crippen LogP contribution in [0.3, 0.4) is 0 Å². The van der Waals surface area contributed by atoms with Gasteiger partial charge in [-0.15, -0.1) is 0 Å². The number of carbonyl (C=O) groups is 2. The molecule has 2 N–H and O–H groups in total. The average Bonchev–Trinajstić information content (AvgIpc) is 2.62. The summed E-state index contributed by atoms with van der Waals surface area (Å²) in [5.41, 5.74) is 1.37. The van der Waals surface area contributed by atoms with Gasteiger partial charge < -0.3 is 15.2 Å². The predicted molar refractivity (Wildman–Crippen MR) is 99.6 cm³/mol. The second kappa shape index (κ2) is 7.89. The van der Waals surface area contributed by atoms with Crippen LogP contribution in [0.25, 0.3) is 0 Å². The number of carboxylic acids is 1. The third-order valence-electron chi connectivity index (χ3n) is 4.70. The molecule has 1 saturated heterocycles. The molecule has 26 heavy (non-hydrogen) atoms. The van der Waals surface area contributed by atoms with E-state index in [-0.39, 0.29) is 12.3 Å². The van der Waals surface area contributed by atoms with E-state index in [1.807, 2.05) is 18.2 Å². The molecule has 1 fully saturated rings. The van der Waals surface area contributed by atoms with E-state index in [1.165, 1.54) is 0 Å². The molecule has 6 heteroatoms. The lowest BCUT2D eigenvalue weighted by Gasteiger charge is -2.36. The molecule has 2 aromatic carbocycles. The van der Waals surface area contributed by atoms with Gasteiger partial charge in [-0.3, -0.25) is 9.59 Å². The molecule has 0 saturated carbocycles. The summed E-state index contributed by atoms with van der Waals surface area (Å²) in [4.78, 5) is 24.1. The number of carbonyl (C=O) groups excluding carboxylic acids is 1. The van der Waals surface area contributed by atoms with Crippen LogP contribution in [0.15, 0.2) is 48.5 Å². The minimum Gasteiger partial charge on any atom is -0.481 e. The number of aliphatic carboxylic acids is 1. The average molecular weight is 374 g/mol. The van der Waals surface area contributed by atoms with Crippen molar-refractivity contribution in [2.75, 3.05) is 18.5 Å². The van der Waals surface area contributed by atoms with E-state index in [0.717, 1.165) is 5.56 Å². The first kappa shape index (κ1) is 18.4. The minimum absolute atomic E-state index is 0.0863. The van der Waals surface area contributed by atoms with Crippen LogP contribution in [-0.2, 0) is 26.2 Å². The van der Waals surface area contributed by atoms with E-state index in [4.69, 9.17) is 21.4 Å². The highest BCUT2D eigenvalue weighted by atomic mass is 35.5. The smallest absolute Gasteiger partial charge is 0.307 e. The fraction of sp³-hybridized carbons (Fsp3) is 0.300. The molecule has 1 amide bonds. The molecule has 1 aliphatic rings. The zero-order valence-electron chi connectivity index (χ0n) is 14.2. The highest BCUT2D eigenvalue weighted by Gasteiger charge is 2.41. The van der Waals surface area contributed by atoms with E-state index < -0.39 is 11.4 Å².